The van der Waals surface area contributed by atoms with Crippen LogP contribution in [-0.2, 0) is 16.4 Å². The molecule has 0 aliphatic heterocycles. The van der Waals surface area contributed by atoms with Crippen molar-refractivity contribution in [2.24, 2.45) is 5.92 Å². The minimum Gasteiger partial charge on any atom is -0.317 e. The second-order valence-corrected chi connectivity index (χ2v) is 8.42. The van der Waals surface area contributed by atoms with Crippen LogP contribution in [0.15, 0.2) is 16.3 Å². The molecule has 0 aliphatic carbocycles. The summed E-state index contributed by atoms with van der Waals surface area (Å²) in [5.74, 6) is 0.610. The van der Waals surface area contributed by atoms with E-state index in [1.54, 1.807) is 6.07 Å². The van der Waals surface area contributed by atoms with Crippen LogP contribution < -0.4 is 10.0 Å². The molecule has 0 amide bonds. The molecule has 0 fully saturated rings. The largest absolute Gasteiger partial charge is 0.317 e. The molecular formula is C14H26N2O2S2. The van der Waals surface area contributed by atoms with Gasteiger partial charge in [0.15, 0.2) is 0 Å². The molecule has 116 valence electrons. The molecule has 1 heterocycles. The van der Waals surface area contributed by atoms with Crippen LogP contribution in [0, 0.1) is 5.92 Å². The van der Waals surface area contributed by atoms with E-state index >= 15 is 0 Å². The van der Waals surface area contributed by atoms with Crippen LogP contribution in [-0.4, -0.2) is 28.1 Å². The smallest absolute Gasteiger partial charge is 0.250 e. The van der Waals surface area contributed by atoms with E-state index in [0.29, 0.717) is 16.7 Å². The van der Waals surface area contributed by atoms with Crippen LogP contribution in [0.2, 0.25) is 0 Å². The predicted molar refractivity (Wildman–Crippen MR) is 85.8 cm³/mol. The van der Waals surface area contributed by atoms with Crippen molar-refractivity contribution in [3.8, 4) is 0 Å². The Kier molecular flexibility index (Phi) is 7.72. The van der Waals surface area contributed by atoms with Gasteiger partial charge >= 0.3 is 0 Å². The molecule has 0 aromatic carbocycles. The molecule has 1 aromatic heterocycles. The van der Waals surface area contributed by atoms with Gasteiger partial charge in [-0.25, -0.2) is 13.1 Å². The van der Waals surface area contributed by atoms with E-state index in [-0.39, 0.29) is 0 Å². The van der Waals surface area contributed by atoms with Crippen LogP contribution in [0.4, 0.5) is 0 Å². The highest BCUT2D eigenvalue weighted by Crippen LogP contribution is 2.21. The molecule has 0 spiro atoms. The molecule has 0 saturated heterocycles. The maximum atomic E-state index is 12.1. The minimum absolute atomic E-state index is 0.425. The normalized spacial score (nSPS) is 12.2. The lowest BCUT2D eigenvalue weighted by atomic mass is 10.1. The van der Waals surface area contributed by atoms with E-state index in [2.05, 4.69) is 30.8 Å². The van der Waals surface area contributed by atoms with E-state index < -0.39 is 10.0 Å². The van der Waals surface area contributed by atoms with Gasteiger partial charge in [-0.05, 0) is 50.4 Å². The maximum absolute atomic E-state index is 12.1. The maximum Gasteiger partial charge on any atom is 0.250 e. The summed E-state index contributed by atoms with van der Waals surface area (Å²) in [5, 5.41) is 3.24. The highest BCUT2D eigenvalue weighted by atomic mass is 32.2. The molecule has 2 N–H and O–H groups in total. The Hall–Kier alpha value is -0.430. The van der Waals surface area contributed by atoms with Crippen molar-refractivity contribution < 1.29 is 8.42 Å². The van der Waals surface area contributed by atoms with E-state index in [1.165, 1.54) is 11.3 Å². The summed E-state index contributed by atoms with van der Waals surface area (Å²) in [7, 11) is -3.32. The molecular weight excluding hydrogens is 292 g/mol. The molecule has 4 nitrogen and oxygen atoms in total. The summed E-state index contributed by atoms with van der Waals surface area (Å²) in [6.45, 7) is 8.69. The lowest BCUT2D eigenvalue weighted by Gasteiger charge is -2.06. The Morgan fingerprint density at radius 1 is 1.25 bits per heavy atom. The topological polar surface area (TPSA) is 58.2 Å². The molecule has 0 unspecified atom stereocenters. The predicted octanol–water partition coefficient (Wildman–Crippen LogP) is 2.61. The summed E-state index contributed by atoms with van der Waals surface area (Å²) >= 11 is 1.36. The number of hydrogen-bond donors (Lipinski definition) is 2. The fourth-order valence-corrected chi connectivity index (χ4v) is 4.29. The summed E-state index contributed by atoms with van der Waals surface area (Å²) < 4.78 is 27.3. The van der Waals surface area contributed by atoms with Gasteiger partial charge < -0.3 is 5.32 Å². The third-order valence-corrected chi connectivity index (χ3v) is 6.05. The zero-order valence-electron chi connectivity index (χ0n) is 12.6. The third-order valence-electron chi connectivity index (χ3n) is 2.95. The highest BCUT2D eigenvalue weighted by molar-refractivity contribution is 7.91. The summed E-state index contributed by atoms with van der Waals surface area (Å²) in [6.07, 6.45) is 2.80. The number of thiophene rings is 1. The van der Waals surface area contributed by atoms with Crippen molar-refractivity contribution in [3.63, 3.8) is 0 Å². The first-order chi connectivity index (χ1) is 9.45. The first kappa shape index (κ1) is 17.6. The number of rotatable bonds is 10. The van der Waals surface area contributed by atoms with Gasteiger partial charge in [0.05, 0.1) is 0 Å². The van der Waals surface area contributed by atoms with Gasteiger partial charge in [0, 0.05) is 11.4 Å². The van der Waals surface area contributed by atoms with E-state index in [4.69, 9.17) is 0 Å². The Morgan fingerprint density at radius 2 is 2.00 bits per heavy atom. The number of nitrogens with one attached hydrogen (secondary N) is 2. The average molecular weight is 319 g/mol. The van der Waals surface area contributed by atoms with E-state index in [1.807, 2.05) is 6.07 Å². The lowest BCUT2D eigenvalue weighted by molar-refractivity contribution is 0.540. The molecule has 6 heteroatoms. The van der Waals surface area contributed by atoms with Gasteiger partial charge in [-0.2, -0.15) is 0 Å². The van der Waals surface area contributed by atoms with Gasteiger partial charge in [0.1, 0.15) is 4.21 Å². The van der Waals surface area contributed by atoms with Crippen LogP contribution >= 0.6 is 11.3 Å². The number of hydrogen-bond acceptors (Lipinski definition) is 4. The van der Waals surface area contributed by atoms with Gasteiger partial charge in [0.25, 0.3) is 0 Å². The highest BCUT2D eigenvalue weighted by Gasteiger charge is 2.16. The third kappa shape index (κ3) is 6.35. The zero-order chi connectivity index (χ0) is 15.0. The van der Waals surface area contributed by atoms with Gasteiger partial charge in [0.2, 0.25) is 10.0 Å². The fourth-order valence-electron chi connectivity index (χ4n) is 1.81. The second kappa shape index (κ2) is 8.77. The van der Waals surface area contributed by atoms with Gasteiger partial charge in [-0.15, -0.1) is 11.3 Å². The average Bonchev–Trinajstić information content (AvgIpc) is 2.84. The summed E-state index contributed by atoms with van der Waals surface area (Å²) in [6, 6.07) is 3.61. The van der Waals surface area contributed by atoms with Crippen molar-refractivity contribution in [1.29, 1.82) is 0 Å². The molecule has 0 atom stereocenters. The van der Waals surface area contributed by atoms with Gasteiger partial charge in [-0.3, -0.25) is 0 Å². The standard InChI is InChI=1S/C14H26N2O2S2/c1-4-15-11-9-13-7-8-14(19-13)20(17,18)16-10-5-6-12(2)3/h7-8,12,15-16H,4-6,9-11H2,1-3H3. The monoisotopic (exact) mass is 318 g/mol. The molecule has 20 heavy (non-hydrogen) atoms. The van der Waals surface area contributed by atoms with Crippen molar-refractivity contribution in [2.45, 2.75) is 44.2 Å². The first-order valence-corrected chi connectivity index (χ1v) is 9.54. The van der Waals surface area contributed by atoms with Crippen LogP contribution in [0.3, 0.4) is 0 Å². The van der Waals surface area contributed by atoms with Crippen LogP contribution in [0.1, 0.15) is 38.5 Å². The fraction of sp³-hybridized carbons (Fsp3) is 0.714. The van der Waals surface area contributed by atoms with Gasteiger partial charge in [-0.1, -0.05) is 20.8 Å². The Bertz CT molecular complexity index is 481. The quantitative estimate of drug-likeness (QED) is 0.652. The minimum atomic E-state index is -3.32. The molecule has 0 bridgehead atoms. The number of sulfonamides is 1. The van der Waals surface area contributed by atoms with E-state index in [9.17, 15) is 8.42 Å². The molecule has 0 saturated carbocycles. The Balaban J connectivity index is 2.46. The van der Waals surface area contributed by atoms with Crippen LogP contribution in [0.5, 0.6) is 0 Å². The molecule has 0 aliphatic rings. The van der Waals surface area contributed by atoms with Crippen molar-refractivity contribution in [3.05, 3.63) is 17.0 Å². The second-order valence-electron chi connectivity index (χ2n) is 5.26. The SMILES string of the molecule is CCNCCc1ccc(S(=O)(=O)NCCCC(C)C)s1. The van der Waals surface area contributed by atoms with Crippen molar-refractivity contribution in [2.75, 3.05) is 19.6 Å². The summed E-state index contributed by atoms with van der Waals surface area (Å²) in [4.78, 5) is 1.11. The summed E-state index contributed by atoms with van der Waals surface area (Å²) in [5.41, 5.74) is 0. The Labute approximate surface area is 127 Å². The zero-order valence-corrected chi connectivity index (χ0v) is 14.2. The van der Waals surface area contributed by atoms with Crippen molar-refractivity contribution >= 4 is 21.4 Å². The Morgan fingerprint density at radius 3 is 2.65 bits per heavy atom. The number of likely N-dealkylation sites (N-methyl/N-ethyl adjacent to an activating group) is 1. The van der Waals surface area contributed by atoms with Crippen LogP contribution in [0.25, 0.3) is 0 Å². The molecule has 1 rings (SSSR count). The van der Waals surface area contributed by atoms with E-state index in [0.717, 1.165) is 37.2 Å². The molecule has 1 aromatic rings. The van der Waals surface area contributed by atoms with Crippen molar-refractivity contribution in [1.82, 2.24) is 10.0 Å². The lowest BCUT2D eigenvalue weighted by Crippen LogP contribution is -2.24. The molecule has 0 radical (unpaired) electrons. The first-order valence-electron chi connectivity index (χ1n) is 7.24.